The molecule has 0 saturated heterocycles. The van der Waals surface area contributed by atoms with Crippen LogP contribution in [0.15, 0.2) is 126 Å². The number of halogens is 1. The number of hydrogen-bond acceptors (Lipinski definition) is 4. The fraction of sp³-hybridized carbons (Fsp3) is 0. The highest BCUT2D eigenvalue weighted by Crippen LogP contribution is 2.41. The van der Waals surface area contributed by atoms with Crippen LogP contribution in [0.5, 0.6) is 0 Å². The molecule has 0 spiro atoms. The number of nitrogens with zero attached hydrogens (tertiary/aromatic N) is 3. The predicted octanol–water partition coefficient (Wildman–Crippen LogP) is 9.73. The number of hydrogen-bond donors (Lipinski definition) is 0. The van der Waals surface area contributed by atoms with Gasteiger partial charge >= 0.3 is 0 Å². The minimum Gasteiger partial charge on any atom is -0.456 e. The third-order valence-electron chi connectivity index (χ3n) is 7.46. The summed E-state index contributed by atoms with van der Waals surface area (Å²) in [6.45, 7) is 0. The second-order valence-corrected chi connectivity index (χ2v) is 10.1. The maximum atomic E-state index is 6.37. The molecule has 0 aliphatic carbocycles. The van der Waals surface area contributed by atoms with Crippen molar-refractivity contribution in [3.8, 4) is 33.9 Å². The molecule has 0 amide bonds. The van der Waals surface area contributed by atoms with Gasteiger partial charge in [0.2, 0.25) is 5.28 Å². The van der Waals surface area contributed by atoms with Gasteiger partial charge < -0.3 is 4.42 Å². The lowest BCUT2D eigenvalue weighted by Gasteiger charge is -2.10. The molecule has 0 fully saturated rings. The molecule has 0 N–H and O–H groups in total. The lowest BCUT2D eigenvalue weighted by molar-refractivity contribution is 0.669. The Kier molecular flexibility index (Phi) is 5.15. The van der Waals surface area contributed by atoms with Crippen LogP contribution in [-0.4, -0.2) is 15.0 Å². The van der Waals surface area contributed by atoms with Crippen molar-refractivity contribution in [3.05, 3.63) is 127 Å². The van der Waals surface area contributed by atoms with Gasteiger partial charge in [-0.05, 0) is 62.5 Å². The monoisotopic (exact) mass is 533 g/mol. The highest BCUT2D eigenvalue weighted by atomic mass is 35.5. The van der Waals surface area contributed by atoms with Crippen molar-refractivity contribution in [3.63, 3.8) is 0 Å². The highest BCUT2D eigenvalue weighted by molar-refractivity contribution is 6.28. The van der Waals surface area contributed by atoms with E-state index in [1.807, 2.05) is 48.5 Å². The number of benzene rings is 6. The quantitative estimate of drug-likeness (QED) is 0.227. The first-order valence-electron chi connectivity index (χ1n) is 13.1. The van der Waals surface area contributed by atoms with Gasteiger partial charge in [-0.2, -0.15) is 9.97 Å². The van der Waals surface area contributed by atoms with Crippen LogP contribution in [0.2, 0.25) is 5.28 Å². The fourth-order valence-electron chi connectivity index (χ4n) is 5.66. The lowest BCUT2D eigenvalue weighted by atomic mass is 9.94. The van der Waals surface area contributed by atoms with E-state index in [9.17, 15) is 0 Å². The Balaban J connectivity index is 1.32. The van der Waals surface area contributed by atoms with Crippen molar-refractivity contribution in [2.75, 3.05) is 0 Å². The predicted molar refractivity (Wildman–Crippen MR) is 163 cm³/mol. The van der Waals surface area contributed by atoms with E-state index in [1.54, 1.807) is 0 Å². The Labute approximate surface area is 234 Å². The van der Waals surface area contributed by atoms with Gasteiger partial charge in [0.05, 0.1) is 0 Å². The van der Waals surface area contributed by atoms with Gasteiger partial charge in [-0.25, -0.2) is 4.98 Å². The molecule has 0 saturated carbocycles. The maximum Gasteiger partial charge on any atom is 0.226 e. The zero-order valence-corrected chi connectivity index (χ0v) is 21.9. The van der Waals surface area contributed by atoms with Crippen molar-refractivity contribution in [1.82, 2.24) is 15.0 Å². The molecule has 5 heteroatoms. The number of rotatable bonds is 3. The van der Waals surface area contributed by atoms with Crippen molar-refractivity contribution < 1.29 is 4.42 Å². The third kappa shape index (κ3) is 3.65. The summed E-state index contributed by atoms with van der Waals surface area (Å²) < 4.78 is 6.31. The molecule has 40 heavy (non-hydrogen) atoms. The standard InChI is InChI=1S/C35H20ClN3O/c36-35-38-33(22-9-2-1-3-10-22)37-34(39-35)28-14-6-11-23-20-24(16-18-25(23)28)27-13-7-15-29-32(27)31-26-12-5-4-8-21(26)17-19-30(31)40-29/h1-20H. The first kappa shape index (κ1) is 22.9. The van der Waals surface area contributed by atoms with E-state index in [-0.39, 0.29) is 5.28 Å². The zero-order valence-electron chi connectivity index (χ0n) is 21.2. The Morgan fingerprint density at radius 2 is 1.23 bits per heavy atom. The van der Waals surface area contributed by atoms with Crippen LogP contribution < -0.4 is 0 Å². The van der Waals surface area contributed by atoms with Gasteiger partial charge in [-0.3, -0.25) is 0 Å². The lowest BCUT2D eigenvalue weighted by Crippen LogP contribution is -1.97. The van der Waals surface area contributed by atoms with Gasteiger partial charge in [0.15, 0.2) is 11.6 Å². The van der Waals surface area contributed by atoms with Crippen LogP contribution >= 0.6 is 11.6 Å². The van der Waals surface area contributed by atoms with Crippen LogP contribution in [0.25, 0.3) is 77.4 Å². The smallest absolute Gasteiger partial charge is 0.226 e. The molecule has 2 heterocycles. The second-order valence-electron chi connectivity index (χ2n) is 9.80. The van der Waals surface area contributed by atoms with Gasteiger partial charge in [-0.1, -0.05) is 103 Å². The molecule has 0 unspecified atom stereocenters. The number of aromatic nitrogens is 3. The SMILES string of the molecule is Clc1nc(-c2ccccc2)nc(-c2cccc3cc(-c4cccc5oc6ccc7ccccc7c6c45)ccc23)n1. The summed E-state index contributed by atoms with van der Waals surface area (Å²) in [6, 6.07) is 41.4. The molecule has 8 aromatic rings. The average Bonchev–Trinajstić information content (AvgIpc) is 3.40. The molecule has 188 valence electrons. The third-order valence-corrected chi connectivity index (χ3v) is 7.63. The van der Waals surface area contributed by atoms with Gasteiger partial charge in [0.25, 0.3) is 0 Å². The minimum absolute atomic E-state index is 0.170. The molecule has 0 radical (unpaired) electrons. The van der Waals surface area contributed by atoms with E-state index in [0.717, 1.165) is 55.0 Å². The fourth-order valence-corrected chi connectivity index (χ4v) is 5.82. The summed E-state index contributed by atoms with van der Waals surface area (Å²) in [4.78, 5) is 13.6. The van der Waals surface area contributed by atoms with E-state index >= 15 is 0 Å². The molecule has 0 bridgehead atoms. The molecule has 4 nitrogen and oxygen atoms in total. The van der Waals surface area contributed by atoms with E-state index in [2.05, 4.69) is 82.8 Å². The molecule has 0 aliphatic rings. The van der Waals surface area contributed by atoms with E-state index in [1.165, 1.54) is 10.8 Å². The molecule has 6 aromatic carbocycles. The maximum absolute atomic E-state index is 6.37. The molecule has 2 aromatic heterocycles. The van der Waals surface area contributed by atoms with Crippen LogP contribution in [0.4, 0.5) is 0 Å². The van der Waals surface area contributed by atoms with E-state index in [0.29, 0.717) is 11.6 Å². The largest absolute Gasteiger partial charge is 0.456 e. The Morgan fingerprint density at radius 1 is 0.475 bits per heavy atom. The van der Waals surface area contributed by atoms with Gasteiger partial charge in [0.1, 0.15) is 11.2 Å². The second kappa shape index (κ2) is 9.01. The normalized spacial score (nSPS) is 11.6. The van der Waals surface area contributed by atoms with Crippen molar-refractivity contribution in [1.29, 1.82) is 0 Å². The number of fused-ring (bicyclic) bond motifs is 6. The summed E-state index contributed by atoms with van der Waals surface area (Å²) >= 11 is 6.37. The van der Waals surface area contributed by atoms with E-state index in [4.69, 9.17) is 21.0 Å². The first-order valence-corrected chi connectivity index (χ1v) is 13.4. The summed E-state index contributed by atoms with van der Waals surface area (Å²) in [6.07, 6.45) is 0. The molecular formula is C35H20ClN3O. The summed E-state index contributed by atoms with van der Waals surface area (Å²) in [5.41, 5.74) is 5.82. The molecule has 8 rings (SSSR count). The molecule has 0 atom stereocenters. The minimum atomic E-state index is 0.170. The molecular weight excluding hydrogens is 514 g/mol. The van der Waals surface area contributed by atoms with Crippen LogP contribution in [0.3, 0.4) is 0 Å². The van der Waals surface area contributed by atoms with Crippen LogP contribution in [-0.2, 0) is 0 Å². The Hall–Kier alpha value is -5.06. The number of furan rings is 1. The van der Waals surface area contributed by atoms with Crippen molar-refractivity contribution in [2.45, 2.75) is 0 Å². The van der Waals surface area contributed by atoms with E-state index < -0.39 is 0 Å². The average molecular weight is 534 g/mol. The summed E-state index contributed by atoms with van der Waals surface area (Å²) in [5.74, 6) is 1.10. The van der Waals surface area contributed by atoms with Crippen molar-refractivity contribution in [2.24, 2.45) is 0 Å². The van der Waals surface area contributed by atoms with Crippen LogP contribution in [0, 0.1) is 0 Å². The van der Waals surface area contributed by atoms with Gasteiger partial charge in [0, 0.05) is 21.9 Å². The Bertz CT molecular complexity index is 2240. The van der Waals surface area contributed by atoms with Crippen LogP contribution in [0.1, 0.15) is 0 Å². The van der Waals surface area contributed by atoms with Gasteiger partial charge in [-0.15, -0.1) is 0 Å². The zero-order chi connectivity index (χ0) is 26.6. The summed E-state index contributed by atoms with van der Waals surface area (Å²) in [5, 5.41) is 6.96. The summed E-state index contributed by atoms with van der Waals surface area (Å²) in [7, 11) is 0. The molecule has 0 aliphatic heterocycles. The highest BCUT2D eigenvalue weighted by Gasteiger charge is 2.16. The van der Waals surface area contributed by atoms with Crippen molar-refractivity contribution >= 4 is 55.1 Å². The first-order chi connectivity index (χ1) is 19.7. The topological polar surface area (TPSA) is 51.8 Å². The Morgan fingerprint density at radius 3 is 2.15 bits per heavy atom.